The Morgan fingerprint density at radius 3 is 2.05 bits per heavy atom. The van der Waals surface area contributed by atoms with Gasteiger partial charge in [0, 0.05) is 67.0 Å². The summed E-state index contributed by atoms with van der Waals surface area (Å²) in [7, 11) is 0. The fraction of sp³-hybridized carbons (Fsp3) is 0.214. The van der Waals surface area contributed by atoms with Crippen LogP contribution >= 0.6 is 12.2 Å². The van der Waals surface area contributed by atoms with E-state index in [-0.39, 0.29) is 0 Å². The molecule has 39 heavy (non-hydrogen) atoms. The second-order valence-corrected chi connectivity index (χ2v) is 9.44. The van der Waals surface area contributed by atoms with Crippen molar-refractivity contribution in [2.24, 2.45) is 4.99 Å². The minimum atomic E-state index is 0.333. The molecular weight excluding hydrogens is 508 g/mol. The summed E-state index contributed by atoms with van der Waals surface area (Å²) in [5.41, 5.74) is 4.60. The highest BCUT2D eigenvalue weighted by molar-refractivity contribution is 7.80. The molecule has 0 aliphatic carbocycles. The van der Waals surface area contributed by atoms with Crippen LogP contribution in [-0.2, 0) is 0 Å². The predicted octanol–water partition coefficient (Wildman–Crippen LogP) is 4.61. The van der Waals surface area contributed by atoms with E-state index in [4.69, 9.17) is 17.2 Å². The first kappa shape index (κ1) is 26.0. The molecule has 1 aliphatic heterocycles. The van der Waals surface area contributed by atoms with Crippen molar-refractivity contribution in [3.63, 3.8) is 0 Å². The zero-order valence-electron chi connectivity index (χ0n) is 21.9. The van der Waals surface area contributed by atoms with Crippen LogP contribution in [0.4, 0.5) is 29.0 Å². The van der Waals surface area contributed by atoms with Crippen LogP contribution in [0, 0.1) is 13.8 Å². The standard InChI is InChI=1S/C28H30N10S/c1-20-19-21(2)32-25(31-20)35-27(38-17-15-37(16-18-38)26-29-13-6-14-30-26)36-28(39)34-24-11-9-23(10-12-24)33-22-7-4-3-5-8-22/h3-14,19,33H,15-18H2,1-2H3,(H2,31,32,34,35,36,39). The molecule has 1 aliphatic rings. The molecule has 0 amide bonds. The first-order chi connectivity index (χ1) is 19.0. The summed E-state index contributed by atoms with van der Waals surface area (Å²) in [6.45, 7) is 6.79. The molecule has 4 aromatic rings. The van der Waals surface area contributed by atoms with Gasteiger partial charge in [0.25, 0.3) is 0 Å². The lowest BCUT2D eigenvalue weighted by Crippen LogP contribution is -2.51. The summed E-state index contributed by atoms with van der Waals surface area (Å²) in [6.07, 6.45) is 3.52. The Morgan fingerprint density at radius 1 is 0.769 bits per heavy atom. The van der Waals surface area contributed by atoms with Gasteiger partial charge in [-0.05, 0) is 74.6 Å². The molecule has 0 radical (unpaired) electrons. The first-order valence-corrected chi connectivity index (χ1v) is 13.1. The van der Waals surface area contributed by atoms with Crippen LogP contribution in [0.15, 0.2) is 84.1 Å². The van der Waals surface area contributed by atoms with Gasteiger partial charge < -0.3 is 20.4 Å². The molecule has 11 heteroatoms. The zero-order chi connectivity index (χ0) is 27.0. The second-order valence-electron chi connectivity index (χ2n) is 9.06. The molecule has 2 aromatic carbocycles. The number of guanidine groups is 1. The lowest BCUT2D eigenvalue weighted by molar-refractivity contribution is 0.382. The van der Waals surface area contributed by atoms with Crippen molar-refractivity contribution in [2.75, 3.05) is 47.0 Å². The molecule has 2 aromatic heterocycles. The molecule has 0 bridgehead atoms. The van der Waals surface area contributed by atoms with Crippen LogP contribution in [-0.4, -0.2) is 62.1 Å². The van der Waals surface area contributed by atoms with E-state index >= 15 is 0 Å². The maximum atomic E-state index is 5.63. The number of para-hydroxylation sites is 1. The second kappa shape index (κ2) is 12.3. The van der Waals surface area contributed by atoms with E-state index in [0.717, 1.165) is 47.5 Å². The Balaban J connectivity index is 1.29. The first-order valence-electron chi connectivity index (χ1n) is 12.7. The third kappa shape index (κ3) is 7.23. The topological polar surface area (TPSA) is 106 Å². The number of benzene rings is 2. The van der Waals surface area contributed by atoms with Crippen molar-refractivity contribution in [3.05, 3.63) is 90.5 Å². The summed E-state index contributed by atoms with van der Waals surface area (Å²) in [5, 5.41) is 10.2. The van der Waals surface area contributed by atoms with Crippen molar-refractivity contribution in [1.82, 2.24) is 24.8 Å². The quantitative estimate of drug-likeness (QED) is 0.189. The zero-order valence-corrected chi connectivity index (χ0v) is 22.7. The number of anilines is 5. The van der Waals surface area contributed by atoms with Crippen molar-refractivity contribution < 1.29 is 0 Å². The molecule has 0 saturated carbocycles. The molecule has 5 rings (SSSR count). The van der Waals surface area contributed by atoms with Gasteiger partial charge in [-0.25, -0.2) is 19.9 Å². The average molecular weight is 539 g/mol. The Hall–Kier alpha value is -4.64. The van der Waals surface area contributed by atoms with Crippen LogP contribution < -0.4 is 20.9 Å². The Kier molecular flexibility index (Phi) is 8.18. The smallest absolute Gasteiger partial charge is 0.229 e. The normalized spacial score (nSPS) is 13.6. The number of hydrogen-bond donors (Lipinski definition) is 3. The van der Waals surface area contributed by atoms with Crippen LogP contribution in [0.3, 0.4) is 0 Å². The van der Waals surface area contributed by atoms with Gasteiger partial charge in [0.2, 0.25) is 23.0 Å². The highest BCUT2D eigenvalue weighted by atomic mass is 32.1. The summed E-state index contributed by atoms with van der Waals surface area (Å²) in [4.78, 5) is 26.9. The third-order valence-electron chi connectivity index (χ3n) is 6.03. The van der Waals surface area contributed by atoms with Crippen LogP contribution in [0.2, 0.25) is 0 Å². The summed E-state index contributed by atoms with van der Waals surface area (Å²) < 4.78 is 0. The lowest BCUT2D eigenvalue weighted by Gasteiger charge is -2.36. The number of thiocarbonyl (C=S) groups is 1. The molecule has 0 atom stereocenters. The van der Waals surface area contributed by atoms with Gasteiger partial charge in [-0.15, -0.1) is 0 Å². The molecule has 3 heterocycles. The third-order valence-corrected chi connectivity index (χ3v) is 6.22. The fourth-order valence-corrected chi connectivity index (χ4v) is 4.41. The Labute approximate surface area is 233 Å². The van der Waals surface area contributed by atoms with E-state index in [2.05, 4.69) is 45.7 Å². The van der Waals surface area contributed by atoms with Gasteiger partial charge in [-0.3, -0.25) is 5.32 Å². The molecule has 1 saturated heterocycles. The minimum Gasteiger partial charge on any atom is -0.356 e. The van der Waals surface area contributed by atoms with Gasteiger partial charge in [-0.1, -0.05) is 18.2 Å². The lowest BCUT2D eigenvalue weighted by atomic mass is 10.2. The number of aryl methyl sites for hydroxylation is 2. The maximum absolute atomic E-state index is 5.63. The number of nitrogens with one attached hydrogen (secondary N) is 3. The largest absolute Gasteiger partial charge is 0.356 e. The van der Waals surface area contributed by atoms with E-state index in [1.165, 1.54) is 0 Å². The summed E-state index contributed by atoms with van der Waals surface area (Å²) >= 11 is 5.63. The number of piperazine rings is 1. The van der Waals surface area contributed by atoms with E-state index in [0.29, 0.717) is 30.1 Å². The van der Waals surface area contributed by atoms with E-state index in [1.54, 1.807) is 12.4 Å². The van der Waals surface area contributed by atoms with Crippen molar-refractivity contribution in [3.8, 4) is 0 Å². The van der Waals surface area contributed by atoms with Crippen LogP contribution in [0.1, 0.15) is 11.4 Å². The molecular formula is C28H30N10S. The summed E-state index contributed by atoms with van der Waals surface area (Å²) in [5.74, 6) is 1.80. The maximum Gasteiger partial charge on any atom is 0.229 e. The monoisotopic (exact) mass is 538 g/mol. The highest BCUT2D eigenvalue weighted by Crippen LogP contribution is 2.19. The van der Waals surface area contributed by atoms with Gasteiger partial charge in [0.05, 0.1) is 0 Å². The van der Waals surface area contributed by atoms with Gasteiger partial charge in [-0.2, -0.15) is 4.99 Å². The molecule has 198 valence electrons. The minimum absolute atomic E-state index is 0.333. The van der Waals surface area contributed by atoms with E-state index in [1.807, 2.05) is 80.6 Å². The van der Waals surface area contributed by atoms with E-state index in [9.17, 15) is 0 Å². The molecule has 3 N–H and O–H groups in total. The van der Waals surface area contributed by atoms with Crippen LogP contribution in [0.5, 0.6) is 0 Å². The fourth-order valence-electron chi connectivity index (χ4n) is 4.20. The molecule has 1 fully saturated rings. The molecule has 0 unspecified atom stereocenters. The Bertz CT molecular complexity index is 1400. The van der Waals surface area contributed by atoms with Crippen molar-refractivity contribution >= 4 is 52.2 Å². The molecule has 0 spiro atoms. The van der Waals surface area contributed by atoms with Gasteiger partial charge >= 0.3 is 0 Å². The van der Waals surface area contributed by atoms with Crippen molar-refractivity contribution in [2.45, 2.75) is 13.8 Å². The molecule has 10 nitrogen and oxygen atoms in total. The SMILES string of the molecule is Cc1cc(C)nc(N/C(=N/C(=S)Nc2ccc(Nc3ccccc3)cc2)N2CCN(c3ncccn3)CC2)n1. The number of aromatic nitrogens is 4. The summed E-state index contributed by atoms with van der Waals surface area (Å²) in [6, 6.07) is 21.7. The van der Waals surface area contributed by atoms with Gasteiger partial charge in [0.15, 0.2) is 0 Å². The van der Waals surface area contributed by atoms with E-state index < -0.39 is 0 Å². The number of nitrogens with zero attached hydrogens (tertiary/aromatic N) is 7. The average Bonchev–Trinajstić information content (AvgIpc) is 2.94. The number of rotatable bonds is 5. The predicted molar refractivity (Wildman–Crippen MR) is 161 cm³/mol. The number of aliphatic imine (C=N–C) groups is 1. The number of hydrogen-bond acceptors (Lipinski definition) is 7. The van der Waals surface area contributed by atoms with Gasteiger partial charge in [0.1, 0.15) is 0 Å². The van der Waals surface area contributed by atoms with Crippen LogP contribution in [0.25, 0.3) is 0 Å². The van der Waals surface area contributed by atoms with Crippen molar-refractivity contribution in [1.29, 1.82) is 0 Å². The Morgan fingerprint density at radius 2 is 1.38 bits per heavy atom. The highest BCUT2D eigenvalue weighted by Gasteiger charge is 2.22.